The van der Waals surface area contributed by atoms with E-state index in [1.807, 2.05) is 18.2 Å². The van der Waals surface area contributed by atoms with Crippen LogP contribution in [0.2, 0.25) is 0 Å². The summed E-state index contributed by atoms with van der Waals surface area (Å²) in [5, 5.41) is 3.37. The summed E-state index contributed by atoms with van der Waals surface area (Å²) in [6, 6.07) is 10.3. The largest absolute Gasteiger partial charge is 0.313 e. The average Bonchev–Trinajstić information content (AvgIpc) is 2.34. The van der Waals surface area contributed by atoms with Crippen molar-refractivity contribution in [2.45, 2.75) is 32.7 Å². The van der Waals surface area contributed by atoms with Crippen molar-refractivity contribution in [3.05, 3.63) is 35.9 Å². The third kappa shape index (κ3) is 5.08. The Bertz CT molecular complexity index is 284. The molecule has 0 amide bonds. The van der Waals surface area contributed by atoms with Gasteiger partial charge < -0.3 is 10.1 Å². The molecular weight excluding hydrogens is 198 g/mol. The van der Waals surface area contributed by atoms with Gasteiger partial charge >= 0.3 is 0 Å². The Hall–Kier alpha value is -1.15. The molecule has 1 aromatic carbocycles. The van der Waals surface area contributed by atoms with Crippen LogP contribution in [0.25, 0.3) is 0 Å². The van der Waals surface area contributed by atoms with Crippen LogP contribution in [0, 0.1) is 5.92 Å². The van der Waals surface area contributed by atoms with Crippen LogP contribution in [-0.2, 0) is 11.3 Å². The van der Waals surface area contributed by atoms with E-state index in [0.29, 0.717) is 0 Å². The number of benzene rings is 1. The molecule has 1 rings (SSSR count). The van der Waals surface area contributed by atoms with E-state index in [2.05, 4.69) is 24.4 Å². The summed E-state index contributed by atoms with van der Waals surface area (Å²) in [6.45, 7) is 3.92. The van der Waals surface area contributed by atoms with Gasteiger partial charge in [-0.1, -0.05) is 43.7 Å². The minimum atomic E-state index is 0.230. The molecule has 2 nitrogen and oxygen atoms in total. The minimum Gasteiger partial charge on any atom is -0.313 e. The number of hydrogen-bond donors (Lipinski definition) is 1. The Kier molecular flexibility index (Phi) is 6.50. The summed E-state index contributed by atoms with van der Waals surface area (Å²) in [5.41, 5.74) is 1.29. The predicted molar refractivity (Wildman–Crippen MR) is 67.2 cm³/mol. The lowest BCUT2D eigenvalue weighted by atomic mass is 10.0. The molecule has 0 saturated heterocycles. The first-order valence-corrected chi connectivity index (χ1v) is 6.06. The summed E-state index contributed by atoms with van der Waals surface area (Å²) in [7, 11) is 0. The van der Waals surface area contributed by atoms with Gasteiger partial charge in [-0.3, -0.25) is 0 Å². The molecule has 1 aromatic rings. The highest BCUT2D eigenvalue weighted by molar-refractivity contribution is 5.53. The maximum atomic E-state index is 10.7. The van der Waals surface area contributed by atoms with Crippen LogP contribution >= 0.6 is 0 Å². The molecule has 1 N–H and O–H groups in total. The van der Waals surface area contributed by atoms with Crippen LogP contribution in [0.4, 0.5) is 0 Å². The quantitative estimate of drug-likeness (QED) is 0.538. The molecule has 0 aromatic heterocycles. The second kappa shape index (κ2) is 8.05. The van der Waals surface area contributed by atoms with Gasteiger partial charge in [0.25, 0.3) is 0 Å². The summed E-state index contributed by atoms with van der Waals surface area (Å²) in [4.78, 5) is 10.7. The fraction of sp³-hybridized carbons (Fsp3) is 0.500. The van der Waals surface area contributed by atoms with Gasteiger partial charge in [-0.25, -0.2) is 0 Å². The summed E-state index contributed by atoms with van der Waals surface area (Å²) >= 11 is 0. The Morgan fingerprint density at radius 1 is 1.25 bits per heavy atom. The molecule has 0 aliphatic carbocycles. The van der Waals surface area contributed by atoms with Crippen LogP contribution in [0.5, 0.6) is 0 Å². The van der Waals surface area contributed by atoms with Crippen LogP contribution in [0.1, 0.15) is 31.7 Å². The monoisotopic (exact) mass is 219 g/mol. The molecule has 0 fully saturated rings. The van der Waals surface area contributed by atoms with Gasteiger partial charge in [-0.05, 0) is 24.9 Å². The second-order valence-electron chi connectivity index (χ2n) is 4.14. The molecule has 1 atom stereocenters. The van der Waals surface area contributed by atoms with Gasteiger partial charge in [-0.15, -0.1) is 0 Å². The standard InChI is InChI=1S/C14H21NO/c1-2-6-14(12-16)9-10-15-11-13-7-4-3-5-8-13/h3-5,7-8,12,14-15H,2,6,9-11H2,1H3. The number of nitrogens with one attached hydrogen (secondary N) is 1. The first-order chi connectivity index (χ1) is 7.86. The zero-order valence-corrected chi connectivity index (χ0v) is 9.99. The second-order valence-corrected chi connectivity index (χ2v) is 4.14. The molecule has 0 spiro atoms. The number of carbonyl (C=O) groups excluding carboxylic acids is 1. The molecule has 88 valence electrons. The fourth-order valence-corrected chi connectivity index (χ4v) is 1.77. The SMILES string of the molecule is CCCC(C=O)CCNCc1ccccc1. The Morgan fingerprint density at radius 2 is 2.00 bits per heavy atom. The van der Waals surface area contributed by atoms with E-state index in [4.69, 9.17) is 0 Å². The zero-order valence-electron chi connectivity index (χ0n) is 9.99. The molecule has 16 heavy (non-hydrogen) atoms. The van der Waals surface area contributed by atoms with Crippen LogP contribution in [0.15, 0.2) is 30.3 Å². The van der Waals surface area contributed by atoms with Gasteiger partial charge in [0.1, 0.15) is 6.29 Å². The van der Waals surface area contributed by atoms with E-state index in [0.717, 1.165) is 38.6 Å². The molecule has 2 heteroatoms. The van der Waals surface area contributed by atoms with Crippen molar-refractivity contribution < 1.29 is 4.79 Å². The smallest absolute Gasteiger partial charge is 0.123 e. The van der Waals surface area contributed by atoms with Crippen LogP contribution in [-0.4, -0.2) is 12.8 Å². The first kappa shape index (κ1) is 12.9. The lowest BCUT2D eigenvalue weighted by molar-refractivity contribution is -0.111. The van der Waals surface area contributed by atoms with Crippen LogP contribution in [0.3, 0.4) is 0 Å². The average molecular weight is 219 g/mol. The third-order valence-electron chi connectivity index (χ3n) is 2.72. The van der Waals surface area contributed by atoms with E-state index < -0.39 is 0 Å². The van der Waals surface area contributed by atoms with Gasteiger partial charge in [0.05, 0.1) is 0 Å². The predicted octanol–water partition coefficient (Wildman–Crippen LogP) is 2.78. The van der Waals surface area contributed by atoms with Crippen molar-refractivity contribution >= 4 is 6.29 Å². The van der Waals surface area contributed by atoms with Crippen LogP contribution < -0.4 is 5.32 Å². The highest BCUT2D eigenvalue weighted by atomic mass is 16.1. The maximum absolute atomic E-state index is 10.7. The summed E-state index contributed by atoms with van der Waals surface area (Å²) in [5.74, 6) is 0.230. The van der Waals surface area contributed by atoms with Gasteiger partial charge in [0, 0.05) is 12.5 Å². The number of aldehydes is 1. The number of carbonyl (C=O) groups is 1. The van der Waals surface area contributed by atoms with Crippen molar-refractivity contribution in [2.24, 2.45) is 5.92 Å². The zero-order chi connectivity index (χ0) is 11.6. The summed E-state index contributed by atoms with van der Waals surface area (Å²) in [6.07, 6.45) is 4.14. The molecule has 0 aliphatic heterocycles. The Labute approximate surface area is 98.1 Å². The summed E-state index contributed by atoms with van der Waals surface area (Å²) < 4.78 is 0. The number of hydrogen-bond acceptors (Lipinski definition) is 2. The van der Waals surface area contributed by atoms with E-state index >= 15 is 0 Å². The van der Waals surface area contributed by atoms with E-state index in [1.165, 1.54) is 5.56 Å². The van der Waals surface area contributed by atoms with Crippen molar-refractivity contribution in [2.75, 3.05) is 6.54 Å². The molecule has 0 heterocycles. The topological polar surface area (TPSA) is 29.1 Å². The molecule has 0 radical (unpaired) electrons. The first-order valence-electron chi connectivity index (χ1n) is 6.06. The fourth-order valence-electron chi connectivity index (χ4n) is 1.77. The lowest BCUT2D eigenvalue weighted by Gasteiger charge is -2.09. The number of rotatable bonds is 8. The highest BCUT2D eigenvalue weighted by Crippen LogP contribution is 2.07. The normalized spacial score (nSPS) is 12.3. The van der Waals surface area contributed by atoms with E-state index in [9.17, 15) is 4.79 Å². The van der Waals surface area contributed by atoms with Crippen molar-refractivity contribution in [1.29, 1.82) is 0 Å². The third-order valence-corrected chi connectivity index (χ3v) is 2.72. The molecule has 0 bridgehead atoms. The maximum Gasteiger partial charge on any atom is 0.123 e. The van der Waals surface area contributed by atoms with E-state index in [-0.39, 0.29) is 5.92 Å². The van der Waals surface area contributed by atoms with Crippen molar-refractivity contribution in [1.82, 2.24) is 5.32 Å². The lowest BCUT2D eigenvalue weighted by Crippen LogP contribution is -2.18. The van der Waals surface area contributed by atoms with E-state index in [1.54, 1.807) is 0 Å². The highest BCUT2D eigenvalue weighted by Gasteiger charge is 2.04. The van der Waals surface area contributed by atoms with Crippen molar-refractivity contribution in [3.8, 4) is 0 Å². The van der Waals surface area contributed by atoms with Crippen molar-refractivity contribution in [3.63, 3.8) is 0 Å². The Balaban J connectivity index is 2.14. The van der Waals surface area contributed by atoms with Gasteiger partial charge in [0.2, 0.25) is 0 Å². The van der Waals surface area contributed by atoms with Gasteiger partial charge in [0.15, 0.2) is 0 Å². The molecule has 0 aliphatic rings. The molecule has 1 unspecified atom stereocenters. The van der Waals surface area contributed by atoms with Gasteiger partial charge in [-0.2, -0.15) is 0 Å². The molecular formula is C14H21NO. The Morgan fingerprint density at radius 3 is 2.62 bits per heavy atom. The molecule has 0 saturated carbocycles. The minimum absolute atomic E-state index is 0.230.